The highest BCUT2D eigenvalue weighted by molar-refractivity contribution is 7.99. The molecule has 0 bridgehead atoms. The number of aromatic amines is 1. The second kappa shape index (κ2) is 8.70. The average molecular weight is 400 g/mol. The number of rotatable bonds is 7. The second-order valence-electron chi connectivity index (χ2n) is 6.12. The highest BCUT2D eigenvalue weighted by atomic mass is 32.2. The van der Waals surface area contributed by atoms with E-state index < -0.39 is 0 Å². The standard InChI is InChI=1S/C18H20N6O3S/c1-11-9-15(23-22-11)21-16(26)10-28-18-20-14-6-4-3-5-13(14)17(27)24(18)8-7-19-12(2)25/h3-6,9H,7-8,10H2,1-2H3,(H,19,25)(H2,21,22,23,26). The van der Waals surface area contributed by atoms with Crippen molar-refractivity contribution >= 4 is 40.3 Å². The van der Waals surface area contributed by atoms with E-state index in [1.807, 2.05) is 6.92 Å². The van der Waals surface area contributed by atoms with Crippen molar-refractivity contribution in [2.24, 2.45) is 0 Å². The van der Waals surface area contributed by atoms with Crippen LogP contribution >= 0.6 is 11.8 Å². The number of para-hydroxylation sites is 1. The average Bonchev–Trinajstić information content (AvgIpc) is 3.06. The molecule has 2 aromatic heterocycles. The first kappa shape index (κ1) is 19.6. The van der Waals surface area contributed by atoms with Crippen molar-refractivity contribution in [1.82, 2.24) is 25.1 Å². The lowest BCUT2D eigenvalue weighted by molar-refractivity contribution is -0.119. The number of H-pyrrole nitrogens is 1. The monoisotopic (exact) mass is 400 g/mol. The molecule has 3 N–H and O–H groups in total. The Morgan fingerprint density at radius 2 is 2.07 bits per heavy atom. The van der Waals surface area contributed by atoms with Crippen LogP contribution in [0.5, 0.6) is 0 Å². The third-order valence-corrected chi connectivity index (χ3v) is 4.82. The van der Waals surface area contributed by atoms with Gasteiger partial charge in [-0.25, -0.2) is 4.98 Å². The quantitative estimate of drug-likeness (QED) is 0.406. The predicted molar refractivity (Wildman–Crippen MR) is 107 cm³/mol. The molecule has 28 heavy (non-hydrogen) atoms. The number of anilines is 1. The Bertz CT molecular complexity index is 1070. The summed E-state index contributed by atoms with van der Waals surface area (Å²) in [5.41, 5.74) is 1.20. The lowest BCUT2D eigenvalue weighted by Crippen LogP contribution is -2.31. The van der Waals surface area contributed by atoms with Gasteiger partial charge in [-0.05, 0) is 19.1 Å². The molecule has 0 aliphatic rings. The van der Waals surface area contributed by atoms with Crippen molar-refractivity contribution in [1.29, 1.82) is 0 Å². The lowest BCUT2D eigenvalue weighted by Gasteiger charge is -2.13. The Balaban J connectivity index is 1.80. The van der Waals surface area contributed by atoms with Crippen LogP contribution in [0, 0.1) is 6.92 Å². The van der Waals surface area contributed by atoms with Crippen molar-refractivity contribution in [3.05, 3.63) is 46.4 Å². The van der Waals surface area contributed by atoms with E-state index in [1.54, 1.807) is 30.3 Å². The van der Waals surface area contributed by atoms with E-state index in [2.05, 4.69) is 25.8 Å². The number of aryl methyl sites for hydroxylation is 1. The molecule has 10 heteroatoms. The number of carbonyl (C=O) groups excluding carboxylic acids is 2. The van der Waals surface area contributed by atoms with Crippen molar-refractivity contribution in [3.63, 3.8) is 0 Å². The minimum Gasteiger partial charge on any atom is -0.355 e. The van der Waals surface area contributed by atoms with E-state index in [-0.39, 0.29) is 29.7 Å². The Kier molecular flexibility index (Phi) is 6.09. The highest BCUT2D eigenvalue weighted by Gasteiger charge is 2.14. The van der Waals surface area contributed by atoms with Crippen LogP contribution in [0.25, 0.3) is 10.9 Å². The zero-order chi connectivity index (χ0) is 20.1. The molecule has 0 spiro atoms. The Morgan fingerprint density at radius 3 is 2.79 bits per heavy atom. The fraction of sp³-hybridized carbons (Fsp3) is 0.278. The predicted octanol–water partition coefficient (Wildman–Crippen LogP) is 1.29. The van der Waals surface area contributed by atoms with Crippen LogP contribution < -0.4 is 16.2 Å². The number of nitrogens with zero attached hydrogens (tertiary/aromatic N) is 3. The molecule has 0 unspecified atom stereocenters. The smallest absolute Gasteiger partial charge is 0.262 e. The summed E-state index contributed by atoms with van der Waals surface area (Å²) in [5, 5.41) is 13.0. The number of carbonyl (C=O) groups is 2. The summed E-state index contributed by atoms with van der Waals surface area (Å²) >= 11 is 1.16. The van der Waals surface area contributed by atoms with Crippen LogP contribution in [0.15, 0.2) is 40.3 Å². The number of nitrogens with one attached hydrogen (secondary N) is 3. The van der Waals surface area contributed by atoms with Gasteiger partial charge >= 0.3 is 0 Å². The molecule has 0 saturated carbocycles. The topological polar surface area (TPSA) is 122 Å². The first-order valence-corrected chi connectivity index (χ1v) is 9.61. The van der Waals surface area contributed by atoms with Gasteiger partial charge in [-0.15, -0.1) is 0 Å². The number of amides is 2. The first-order valence-electron chi connectivity index (χ1n) is 8.62. The molecule has 0 radical (unpaired) electrons. The van der Waals surface area contributed by atoms with Crippen LogP contribution in [-0.4, -0.2) is 43.9 Å². The Labute approximate surface area is 164 Å². The van der Waals surface area contributed by atoms with Crippen LogP contribution in [0.2, 0.25) is 0 Å². The molecule has 0 aliphatic heterocycles. The minimum atomic E-state index is -0.257. The SMILES string of the molecule is CC(=O)NCCn1c(SCC(=O)Nc2cc(C)[nH]n2)nc2ccccc2c1=O. The summed E-state index contributed by atoms with van der Waals surface area (Å²) in [6.45, 7) is 3.81. The molecule has 0 atom stereocenters. The van der Waals surface area contributed by atoms with Crippen molar-refractivity contribution < 1.29 is 9.59 Å². The number of fused-ring (bicyclic) bond motifs is 1. The molecule has 9 nitrogen and oxygen atoms in total. The van der Waals surface area contributed by atoms with Crippen LogP contribution in [0.1, 0.15) is 12.6 Å². The van der Waals surface area contributed by atoms with E-state index >= 15 is 0 Å². The summed E-state index contributed by atoms with van der Waals surface area (Å²) in [7, 11) is 0. The van der Waals surface area contributed by atoms with Gasteiger partial charge in [0, 0.05) is 31.8 Å². The maximum atomic E-state index is 12.8. The van der Waals surface area contributed by atoms with E-state index in [4.69, 9.17) is 0 Å². The van der Waals surface area contributed by atoms with Gasteiger partial charge in [0.25, 0.3) is 5.56 Å². The normalized spacial score (nSPS) is 10.8. The van der Waals surface area contributed by atoms with E-state index in [0.717, 1.165) is 17.5 Å². The first-order chi connectivity index (χ1) is 13.4. The summed E-state index contributed by atoms with van der Waals surface area (Å²) < 4.78 is 1.48. The molecular weight excluding hydrogens is 380 g/mol. The third-order valence-electron chi connectivity index (χ3n) is 3.84. The zero-order valence-electron chi connectivity index (χ0n) is 15.5. The van der Waals surface area contributed by atoms with Crippen molar-refractivity contribution in [3.8, 4) is 0 Å². The molecule has 2 heterocycles. The molecule has 0 aliphatic carbocycles. The Morgan fingerprint density at radius 1 is 1.29 bits per heavy atom. The van der Waals surface area contributed by atoms with Crippen LogP contribution in [0.4, 0.5) is 5.82 Å². The largest absolute Gasteiger partial charge is 0.355 e. The maximum absolute atomic E-state index is 12.8. The van der Waals surface area contributed by atoms with E-state index in [1.165, 1.54) is 11.5 Å². The molecule has 3 aromatic rings. The van der Waals surface area contributed by atoms with E-state index in [0.29, 0.717) is 28.4 Å². The minimum absolute atomic E-state index is 0.0663. The van der Waals surface area contributed by atoms with Crippen LogP contribution in [-0.2, 0) is 16.1 Å². The molecule has 0 fully saturated rings. The fourth-order valence-electron chi connectivity index (χ4n) is 2.59. The maximum Gasteiger partial charge on any atom is 0.262 e. The second-order valence-corrected chi connectivity index (χ2v) is 7.07. The summed E-state index contributed by atoms with van der Waals surface area (Å²) in [6, 6.07) is 8.76. The van der Waals surface area contributed by atoms with Gasteiger partial charge in [0.15, 0.2) is 11.0 Å². The highest BCUT2D eigenvalue weighted by Crippen LogP contribution is 2.18. The number of aromatic nitrogens is 4. The summed E-state index contributed by atoms with van der Waals surface area (Å²) in [4.78, 5) is 40.7. The van der Waals surface area contributed by atoms with Gasteiger partial charge in [0.05, 0.1) is 16.7 Å². The van der Waals surface area contributed by atoms with Gasteiger partial charge in [-0.2, -0.15) is 5.10 Å². The lowest BCUT2D eigenvalue weighted by atomic mass is 10.2. The molecular formula is C18H20N6O3S. The fourth-order valence-corrected chi connectivity index (χ4v) is 3.42. The van der Waals surface area contributed by atoms with Gasteiger partial charge < -0.3 is 10.6 Å². The number of hydrogen-bond donors (Lipinski definition) is 3. The number of hydrogen-bond acceptors (Lipinski definition) is 6. The zero-order valence-corrected chi connectivity index (χ0v) is 16.3. The van der Waals surface area contributed by atoms with Gasteiger partial charge in [0.2, 0.25) is 11.8 Å². The van der Waals surface area contributed by atoms with Crippen LogP contribution in [0.3, 0.4) is 0 Å². The molecule has 3 rings (SSSR count). The van der Waals surface area contributed by atoms with E-state index in [9.17, 15) is 14.4 Å². The molecule has 0 saturated heterocycles. The van der Waals surface area contributed by atoms with Gasteiger partial charge in [-0.1, -0.05) is 23.9 Å². The summed E-state index contributed by atoms with van der Waals surface area (Å²) in [6.07, 6.45) is 0. The van der Waals surface area contributed by atoms with Crippen molar-refractivity contribution in [2.45, 2.75) is 25.5 Å². The number of thioether (sulfide) groups is 1. The molecule has 146 valence electrons. The van der Waals surface area contributed by atoms with Gasteiger partial charge in [0.1, 0.15) is 0 Å². The summed E-state index contributed by atoms with van der Waals surface area (Å²) in [5.74, 6) is 0.0752. The van der Waals surface area contributed by atoms with Gasteiger partial charge in [-0.3, -0.25) is 24.0 Å². The Hall–Kier alpha value is -3.14. The third kappa shape index (κ3) is 4.77. The molecule has 1 aromatic carbocycles. The van der Waals surface area contributed by atoms with Crippen molar-refractivity contribution in [2.75, 3.05) is 17.6 Å². The number of benzene rings is 1. The molecule has 2 amide bonds.